The summed E-state index contributed by atoms with van der Waals surface area (Å²) in [5.41, 5.74) is 18.2. The maximum atomic E-state index is 13.6. The van der Waals surface area contributed by atoms with Gasteiger partial charge in [-0.2, -0.15) is 0 Å². The number of halogens is 2. The van der Waals surface area contributed by atoms with Gasteiger partial charge in [-0.25, -0.2) is 0 Å². The summed E-state index contributed by atoms with van der Waals surface area (Å²) in [5, 5.41) is 13.1. The number of amides is 2. The summed E-state index contributed by atoms with van der Waals surface area (Å²) in [6.45, 7) is 0.827. The fraction of sp³-hybridized carbons (Fsp3) is 0.484. The van der Waals surface area contributed by atoms with Gasteiger partial charge < -0.3 is 36.8 Å². The van der Waals surface area contributed by atoms with Crippen molar-refractivity contribution in [2.75, 3.05) is 20.2 Å². The molecule has 5 rings (SSSR count). The van der Waals surface area contributed by atoms with Crippen LogP contribution in [0.2, 0.25) is 0 Å². The van der Waals surface area contributed by atoms with E-state index in [2.05, 4.69) is 10.3 Å². The summed E-state index contributed by atoms with van der Waals surface area (Å²) in [6, 6.07) is 6.31. The Kier molecular flexibility index (Phi) is 13.6. The third-order valence-electron chi connectivity index (χ3n) is 8.60. The largest absolute Gasteiger partial charge is 0.508 e. The lowest BCUT2D eigenvalue weighted by Crippen LogP contribution is -2.41. The van der Waals surface area contributed by atoms with Crippen LogP contribution in [0, 0.1) is 11.8 Å². The van der Waals surface area contributed by atoms with E-state index in [-0.39, 0.29) is 54.4 Å². The number of phenolic OH excluding ortho intramolecular Hbond substituents is 1. The summed E-state index contributed by atoms with van der Waals surface area (Å²) in [4.78, 5) is 32.4. The van der Waals surface area contributed by atoms with Crippen molar-refractivity contribution in [3.63, 3.8) is 0 Å². The van der Waals surface area contributed by atoms with Crippen LogP contribution in [0.25, 0.3) is 17.4 Å². The minimum atomic E-state index is -0.655. The van der Waals surface area contributed by atoms with E-state index in [1.165, 1.54) is 37.8 Å². The number of benzene rings is 1. The molecule has 46 heavy (non-hydrogen) atoms. The van der Waals surface area contributed by atoms with Crippen molar-refractivity contribution in [2.45, 2.75) is 63.5 Å². The number of carbonyl (C=O) groups is 2. The molecule has 2 bridgehead atoms. The van der Waals surface area contributed by atoms with Crippen LogP contribution in [-0.2, 0) is 16.0 Å². The van der Waals surface area contributed by atoms with Gasteiger partial charge >= 0.3 is 0 Å². The Hall–Kier alpha value is -2.97. The molecule has 1 aromatic carbocycles. The fourth-order valence-electron chi connectivity index (χ4n) is 6.43. The molecule has 11 nitrogen and oxygen atoms in total. The molecule has 2 heterocycles. The van der Waals surface area contributed by atoms with Gasteiger partial charge in [-0.3, -0.25) is 19.5 Å². The number of thiocarbonyl (C=S) groups is 1. The second-order valence-corrected chi connectivity index (χ2v) is 13.3. The maximum absolute atomic E-state index is 13.6. The molecular formula is C31H42Cl2N6O5S2. The number of phenols is 1. The highest BCUT2D eigenvalue weighted by Crippen LogP contribution is 2.49. The number of nitrogens with two attached hydrogens (primary N) is 3. The van der Waals surface area contributed by atoms with Gasteiger partial charge in [-0.15, -0.1) is 24.8 Å². The van der Waals surface area contributed by atoms with E-state index in [1.807, 2.05) is 11.0 Å². The molecule has 1 aromatic heterocycles. The lowest BCUT2D eigenvalue weighted by Gasteiger charge is -2.30. The minimum absolute atomic E-state index is 0. The fourth-order valence-corrected chi connectivity index (χ4v) is 7.77. The molecule has 15 heteroatoms. The quantitative estimate of drug-likeness (QED) is 0.0659. The summed E-state index contributed by atoms with van der Waals surface area (Å²) in [7, 11) is 1.53. The van der Waals surface area contributed by atoms with Crippen molar-refractivity contribution in [2.24, 2.45) is 34.0 Å². The molecule has 8 N–H and O–H groups in total. The topological polar surface area (TPSA) is 182 Å². The van der Waals surface area contributed by atoms with Gasteiger partial charge in [0.25, 0.3) is 5.91 Å². The third kappa shape index (κ3) is 8.88. The molecule has 1 aliphatic heterocycles. The van der Waals surface area contributed by atoms with Crippen LogP contribution in [0.5, 0.6) is 11.5 Å². The van der Waals surface area contributed by atoms with Crippen LogP contribution in [-0.4, -0.2) is 64.4 Å². The van der Waals surface area contributed by atoms with E-state index in [0.29, 0.717) is 82.7 Å². The average molecular weight is 714 g/mol. The van der Waals surface area contributed by atoms with Gasteiger partial charge in [-0.05, 0) is 80.5 Å². The van der Waals surface area contributed by atoms with E-state index in [0.717, 1.165) is 18.4 Å². The molecule has 0 spiro atoms. The first-order valence-corrected chi connectivity index (χ1v) is 16.2. The molecular weight excluding hydrogens is 671 g/mol. The summed E-state index contributed by atoms with van der Waals surface area (Å²) < 4.78 is 12.2. The van der Waals surface area contributed by atoms with Crippen molar-refractivity contribution in [1.29, 1.82) is 0 Å². The third-order valence-corrected chi connectivity index (χ3v) is 9.93. The minimum Gasteiger partial charge on any atom is -0.508 e. The standard InChI is InChI=1S/C31H40N6O5S2.2ClH/c1-41-22-13-20(12-21(38)15-22)25-14-19(4-2-8-35-28(39)23(32)5-3-9-36-30(33)34)26(42-25)16-27-29(40)37(31(43)44-27)24-11-17-6-7-18(24)10-17;;/h12-18,23-24,38H,2-11,32H2,1H3,(H,35,39)(H4,33,34,36);2*1H/b27-16-;;/t17?,18?,23-,24?;;/m0../s1. The highest BCUT2D eigenvalue weighted by molar-refractivity contribution is 8.26. The van der Waals surface area contributed by atoms with Crippen molar-refractivity contribution in [3.05, 3.63) is 40.5 Å². The average Bonchev–Trinajstić information content (AvgIpc) is 3.77. The molecule has 0 radical (unpaired) electrons. The zero-order valence-electron chi connectivity index (χ0n) is 25.6. The zero-order valence-corrected chi connectivity index (χ0v) is 28.9. The SMILES string of the molecule is COc1cc(O)cc(-c2cc(CCCNC(=O)[C@@H](N)CCCN=C(N)N)c(/C=C3\SC(=S)N(C4CC5CCC4C5)C3=O)o2)c1.Cl.Cl. The van der Waals surface area contributed by atoms with Gasteiger partial charge in [-0.1, -0.05) is 30.4 Å². The smallest absolute Gasteiger partial charge is 0.266 e. The highest BCUT2D eigenvalue weighted by Gasteiger charge is 2.48. The summed E-state index contributed by atoms with van der Waals surface area (Å²) in [6.07, 6.45) is 8.62. The number of ether oxygens (including phenoxy) is 1. The number of fused-ring (bicyclic) bond motifs is 2. The number of hydrogen-bond donors (Lipinski definition) is 5. The number of aromatic hydroxyl groups is 1. The van der Waals surface area contributed by atoms with Gasteiger partial charge in [0.2, 0.25) is 5.91 Å². The monoisotopic (exact) mass is 712 g/mol. The number of rotatable bonds is 13. The van der Waals surface area contributed by atoms with Gasteiger partial charge in [0.05, 0.1) is 18.1 Å². The molecule has 4 atom stereocenters. The molecule has 2 saturated carbocycles. The number of hydrogen-bond acceptors (Lipinski definition) is 9. The van der Waals surface area contributed by atoms with E-state index in [1.54, 1.807) is 18.2 Å². The van der Waals surface area contributed by atoms with Gasteiger partial charge in [0.15, 0.2) is 5.96 Å². The number of aliphatic imine (C=N–C) groups is 1. The first-order valence-electron chi connectivity index (χ1n) is 15.0. The second-order valence-electron chi connectivity index (χ2n) is 11.7. The predicted molar refractivity (Wildman–Crippen MR) is 190 cm³/mol. The Morgan fingerprint density at radius 2 is 2.02 bits per heavy atom. The van der Waals surface area contributed by atoms with E-state index in [9.17, 15) is 14.7 Å². The van der Waals surface area contributed by atoms with Crippen LogP contribution in [0.15, 0.2) is 38.6 Å². The lowest BCUT2D eigenvalue weighted by atomic mass is 9.94. The van der Waals surface area contributed by atoms with Crippen molar-refractivity contribution < 1.29 is 23.8 Å². The zero-order chi connectivity index (χ0) is 31.4. The Morgan fingerprint density at radius 3 is 2.70 bits per heavy atom. The molecule has 2 aliphatic carbocycles. The number of nitrogens with zero attached hydrogens (tertiary/aromatic N) is 2. The van der Waals surface area contributed by atoms with Crippen molar-refractivity contribution in [3.8, 4) is 22.8 Å². The van der Waals surface area contributed by atoms with Crippen LogP contribution in [0.3, 0.4) is 0 Å². The predicted octanol–water partition coefficient (Wildman–Crippen LogP) is 4.32. The van der Waals surface area contributed by atoms with Crippen LogP contribution in [0.1, 0.15) is 56.3 Å². The molecule has 2 amide bonds. The van der Waals surface area contributed by atoms with Gasteiger partial charge in [0.1, 0.15) is 27.3 Å². The van der Waals surface area contributed by atoms with Crippen molar-refractivity contribution in [1.82, 2.24) is 10.2 Å². The molecule has 2 aromatic rings. The van der Waals surface area contributed by atoms with E-state index >= 15 is 0 Å². The van der Waals surface area contributed by atoms with Crippen molar-refractivity contribution >= 4 is 77.0 Å². The summed E-state index contributed by atoms with van der Waals surface area (Å²) in [5.74, 6) is 2.52. The second kappa shape index (κ2) is 16.7. The number of furan rings is 1. The van der Waals surface area contributed by atoms with Crippen LogP contribution < -0.4 is 27.3 Å². The number of carbonyl (C=O) groups excluding carboxylic acids is 2. The summed E-state index contributed by atoms with van der Waals surface area (Å²) >= 11 is 7.00. The van der Waals surface area contributed by atoms with E-state index in [4.69, 9.17) is 38.6 Å². The number of nitrogens with one attached hydrogen (secondary N) is 1. The Labute approximate surface area is 290 Å². The lowest BCUT2D eigenvalue weighted by molar-refractivity contribution is -0.124. The normalized spacial score (nSPS) is 21.6. The Morgan fingerprint density at radius 1 is 1.24 bits per heavy atom. The Balaban J connectivity index is 0.00000288. The first-order chi connectivity index (χ1) is 21.1. The number of aryl methyl sites for hydroxylation is 1. The molecule has 3 unspecified atom stereocenters. The molecule has 252 valence electrons. The number of guanidine groups is 1. The number of thioether (sulfide) groups is 1. The maximum Gasteiger partial charge on any atom is 0.266 e. The van der Waals surface area contributed by atoms with Crippen LogP contribution >= 0.6 is 48.8 Å². The Bertz CT molecular complexity index is 1480. The molecule has 3 fully saturated rings. The number of methoxy groups -OCH3 is 1. The van der Waals surface area contributed by atoms with Crippen LogP contribution in [0.4, 0.5) is 0 Å². The highest BCUT2D eigenvalue weighted by atomic mass is 35.5. The van der Waals surface area contributed by atoms with Gasteiger partial charge in [0, 0.05) is 36.8 Å². The van der Waals surface area contributed by atoms with E-state index < -0.39 is 6.04 Å². The first kappa shape index (κ1) is 37.5. The molecule has 1 saturated heterocycles. The molecule has 3 aliphatic rings.